The minimum atomic E-state index is 0.119. The van der Waals surface area contributed by atoms with E-state index in [1.165, 1.54) is 21.9 Å². The van der Waals surface area contributed by atoms with Crippen molar-refractivity contribution in [1.29, 1.82) is 0 Å². The van der Waals surface area contributed by atoms with Gasteiger partial charge in [-0.05, 0) is 34.4 Å². The van der Waals surface area contributed by atoms with Gasteiger partial charge < -0.3 is 10.5 Å². The van der Waals surface area contributed by atoms with Gasteiger partial charge in [-0.25, -0.2) is 0 Å². The lowest BCUT2D eigenvalue weighted by Gasteiger charge is -2.21. The van der Waals surface area contributed by atoms with E-state index in [1.807, 2.05) is 0 Å². The molecule has 0 unspecified atom stereocenters. The fraction of sp³-hybridized carbons (Fsp3) is 0.375. The van der Waals surface area contributed by atoms with Crippen molar-refractivity contribution in [3.05, 3.63) is 41.5 Å². The van der Waals surface area contributed by atoms with Crippen molar-refractivity contribution < 1.29 is 4.74 Å². The first-order valence-corrected chi connectivity index (χ1v) is 6.40. The van der Waals surface area contributed by atoms with Gasteiger partial charge in [0.15, 0.2) is 0 Å². The van der Waals surface area contributed by atoms with Crippen molar-refractivity contribution in [3.63, 3.8) is 0 Å². The maximum atomic E-state index is 6.28. The van der Waals surface area contributed by atoms with Crippen molar-refractivity contribution in [1.82, 2.24) is 0 Å². The predicted octanol–water partition coefficient (Wildman–Crippen LogP) is 3.53. The molecule has 1 aliphatic rings. The van der Waals surface area contributed by atoms with Crippen LogP contribution in [0.5, 0.6) is 5.75 Å². The third kappa shape index (κ3) is 1.45. The van der Waals surface area contributed by atoms with E-state index in [4.69, 9.17) is 10.5 Å². The lowest BCUT2D eigenvalue weighted by atomic mass is 9.83. The highest BCUT2D eigenvalue weighted by atomic mass is 16.5. The van der Waals surface area contributed by atoms with Gasteiger partial charge in [0, 0.05) is 11.4 Å². The molecule has 0 radical (unpaired) electrons. The number of hydrogen-bond donors (Lipinski definition) is 1. The smallest absolute Gasteiger partial charge is 0.127 e. The molecule has 0 aromatic heterocycles. The Labute approximate surface area is 108 Å². The van der Waals surface area contributed by atoms with Crippen LogP contribution >= 0.6 is 0 Å². The number of ether oxygens (including phenoxy) is 1. The van der Waals surface area contributed by atoms with Gasteiger partial charge in [0.1, 0.15) is 5.75 Å². The SMILES string of the molecule is COc1cc2c(c3ccccc13)C(C)(C)C[C@@H]2N. The molecule has 2 aromatic rings. The number of fused-ring (bicyclic) bond motifs is 3. The van der Waals surface area contributed by atoms with Gasteiger partial charge in [0.05, 0.1) is 7.11 Å². The van der Waals surface area contributed by atoms with Gasteiger partial charge in [0.25, 0.3) is 0 Å². The van der Waals surface area contributed by atoms with Crippen LogP contribution in [0.3, 0.4) is 0 Å². The highest BCUT2D eigenvalue weighted by Gasteiger charge is 2.37. The van der Waals surface area contributed by atoms with Crippen molar-refractivity contribution in [3.8, 4) is 5.75 Å². The fourth-order valence-corrected chi connectivity index (χ4v) is 3.34. The monoisotopic (exact) mass is 241 g/mol. The summed E-state index contributed by atoms with van der Waals surface area (Å²) in [6.45, 7) is 4.55. The van der Waals surface area contributed by atoms with Crippen molar-refractivity contribution in [2.24, 2.45) is 5.73 Å². The summed E-state index contributed by atoms with van der Waals surface area (Å²) in [4.78, 5) is 0. The molecule has 0 amide bonds. The quantitative estimate of drug-likeness (QED) is 0.829. The first-order chi connectivity index (χ1) is 8.54. The summed E-state index contributed by atoms with van der Waals surface area (Å²) in [6, 6.07) is 10.7. The van der Waals surface area contributed by atoms with E-state index >= 15 is 0 Å². The molecule has 0 aliphatic heterocycles. The average molecular weight is 241 g/mol. The van der Waals surface area contributed by atoms with E-state index < -0.39 is 0 Å². The second-order valence-electron chi connectivity index (χ2n) is 5.78. The van der Waals surface area contributed by atoms with Crippen LogP contribution < -0.4 is 10.5 Å². The molecule has 2 nitrogen and oxygen atoms in total. The second kappa shape index (κ2) is 3.72. The molecule has 0 saturated carbocycles. The number of benzene rings is 2. The van der Waals surface area contributed by atoms with Gasteiger partial charge in [-0.1, -0.05) is 38.1 Å². The summed E-state index contributed by atoms with van der Waals surface area (Å²) >= 11 is 0. The minimum absolute atomic E-state index is 0.119. The van der Waals surface area contributed by atoms with E-state index in [0.29, 0.717) is 0 Å². The van der Waals surface area contributed by atoms with Crippen LogP contribution in [0.4, 0.5) is 0 Å². The van der Waals surface area contributed by atoms with Gasteiger partial charge in [0.2, 0.25) is 0 Å². The van der Waals surface area contributed by atoms with E-state index in [9.17, 15) is 0 Å². The molecule has 0 fully saturated rings. The maximum Gasteiger partial charge on any atom is 0.127 e. The Morgan fingerprint density at radius 1 is 1.22 bits per heavy atom. The zero-order chi connectivity index (χ0) is 12.9. The molecule has 0 bridgehead atoms. The van der Waals surface area contributed by atoms with E-state index in [1.54, 1.807) is 7.11 Å². The molecular formula is C16H19NO. The molecular weight excluding hydrogens is 222 g/mol. The largest absolute Gasteiger partial charge is 0.496 e. The molecule has 2 heteroatoms. The maximum absolute atomic E-state index is 6.28. The van der Waals surface area contributed by atoms with Crippen LogP contribution in [0.15, 0.2) is 30.3 Å². The molecule has 0 saturated heterocycles. The zero-order valence-electron chi connectivity index (χ0n) is 11.2. The van der Waals surface area contributed by atoms with Gasteiger partial charge >= 0.3 is 0 Å². The summed E-state index contributed by atoms with van der Waals surface area (Å²) in [5.41, 5.74) is 9.06. The fourth-order valence-electron chi connectivity index (χ4n) is 3.34. The molecule has 18 heavy (non-hydrogen) atoms. The van der Waals surface area contributed by atoms with Crippen LogP contribution in [0, 0.1) is 0 Å². The summed E-state index contributed by atoms with van der Waals surface area (Å²) < 4.78 is 5.51. The first-order valence-electron chi connectivity index (χ1n) is 6.40. The van der Waals surface area contributed by atoms with Crippen LogP contribution in [0.1, 0.15) is 37.4 Å². The lowest BCUT2D eigenvalue weighted by molar-refractivity contribution is 0.419. The Morgan fingerprint density at radius 2 is 1.89 bits per heavy atom. The summed E-state index contributed by atoms with van der Waals surface area (Å²) in [5.74, 6) is 0.928. The standard InChI is InChI=1S/C16H19NO/c1-16(2)9-13(17)12-8-14(18-3)10-6-4-5-7-11(10)15(12)16/h4-8,13H,9,17H2,1-3H3/t13-/m0/s1. The topological polar surface area (TPSA) is 35.2 Å². The van der Waals surface area contributed by atoms with Gasteiger partial charge in [-0.15, -0.1) is 0 Å². The Morgan fingerprint density at radius 3 is 2.56 bits per heavy atom. The predicted molar refractivity (Wildman–Crippen MR) is 75.1 cm³/mol. The van der Waals surface area contributed by atoms with Gasteiger partial charge in [-0.3, -0.25) is 0 Å². The van der Waals surface area contributed by atoms with Crippen LogP contribution in [-0.4, -0.2) is 7.11 Å². The molecule has 1 atom stereocenters. The Hall–Kier alpha value is -1.54. The highest BCUT2D eigenvalue weighted by Crippen LogP contribution is 2.48. The summed E-state index contributed by atoms with van der Waals surface area (Å²) in [6.07, 6.45) is 0.999. The third-order valence-corrected chi connectivity index (χ3v) is 4.06. The molecule has 2 N–H and O–H groups in total. The summed E-state index contributed by atoms with van der Waals surface area (Å²) in [5, 5.41) is 2.46. The molecule has 0 heterocycles. The zero-order valence-corrected chi connectivity index (χ0v) is 11.2. The van der Waals surface area contributed by atoms with Crippen molar-refractivity contribution >= 4 is 10.8 Å². The lowest BCUT2D eigenvalue weighted by Crippen LogP contribution is -2.14. The normalized spacial score (nSPS) is 21.0. The van der Waals surface area contributed by atoms with Crippen LogP contribution in [0.2, 0.25) is 0 Å². The minimum Gasteiger partial charge on any atom is -0.496 e. The van der Waals surface area contributed by atoms with Gasteiger partial charge in [-0.2, -0.15) is 0 Å². The van der Waals surface area contributed by atoms with E-state index in [2.05, 4.69) is 44.2 Å². The molecule has 94 valence electrons. The average Bonchev–Trinajstić information content (AvgIpc) is 2.58. The Bertz CT molecular complexity index is 616. The Kier molecular flexibility index (Phi) is 2.39. The first kappa shape index (κ1) is 11.5. The van der Waals surface area contributed by atoms with E-state index in [0.717, 1.165) is 12.2 Å². The van der Waals surface area contributed by atoms with Crippen LogP contribution in [0.25, 0.3) is 10.8 Å². The highest BCUT2D eigenvalue weighted by molar-refractivity contribution is 5.93. The van der Waals surface area contributed by atoms with Crippen molar-refractivity contribution in [2.75, 3.05) is 7.11 Å². The van der Waals surface area contributed by atoms with Crippen molar-refractivity contribution in [2.45, 2.75) is 31.7 Å². The number of methoxy groups -OCH3 is 1. The van der Waals surface area contributed by atoms with E-state index in [-0.39, 0.29) is 11.5 Å². The third-order valence-electron chi connectivity index (χ3n) is 4.06. The second-order valence-corrected chi connectivity index (χ2v) is 5.78. The molecule has 1 aliphatic carbocycles. The molecule has 2 aromatic carbocycles. The van der Waals surface area contributed by atoms with Crippen LogP contribution in [-0.2, 0) is 5.41 Å². The Balaban J connectivity index is 2.44. The number of rotatable bonds is 1. The molecule has 3 rings (SSSR count). The number of nitrogens with two attached hydrogens (primary N) is 1. The number of hydrogen-bond acceptors (Lipinski definition) is 2. The molecule has 0 spiro atoms. The summed E-state index contributed by atoms with van der Waals surface area (Å²) in [7, 11) is 1.72.